The molecule has 2 rings (SSSR count). The summed E-state index contributed by atoms with van der Waals surface area (Å²) in [4.78, 5) is 26.1. The number of carbonyl (C=O) groups excluding carboxylic acids is 1. The van der Waals surface area contributed by atoms with E-state index in [2.05, 4.69) is 10.3 Å². The standard InChI is InChI=1S/C12H6Cl2IN3O3/c13-7-5-6(1-2-8(7)15)12(19)17-11-9(18(20)21)3-4-10(14)16-11/h1-5H,(H,16,17,19). The molecule has 2 aromatic rings. The molecule has 21 heavy (non-hydrogen) atoms. The number of benzene rings is 1. The Balaban J connectivity index is 2.33. The number of aromatic nitrogens is 1. The normalized spacial score (nSPS) is 10.2. The van der Waals surface area contributed by atoms with Gasteiger partial charge in [-0.25, -0.2) is 4.98 Å². The lowest BCUT2D eigenvalue weighted by atomic mass is 10.2. The van der Waals surface area contributed by atoms with Crippen LogP contribution in [0.3, 0.4) is 0 Å². The Labute approximate surface area is 142 Å². The highest BCUT2D eigenvalue weighted by atomic mass is 127. The van der Waals surface area contributed by atoms with E-state index in [4.69, 9.17) is 23.2 Å². The van der Waals surface area contributed by atoms with Crippen molar-refractivity contribution in [2.75, 3.05) is 5.32 Å². The predicted octanol–water partition coefficient (Wildman–Crippen LogP) is 4.15. The maximum absolute atomic E-state index is 12.1. The van der Waals surface area contributed by atoms with Gasteiger partial charge in [-0.2, -0.15) is 0 Å². The molecule has 0 aliphatic heterocycles. The molecule has 0 fully saturated rings. The average molecular weight is 438 g/mol. The molecule has 1 heterocycles. The van der Waals surface area contributed by atoms with Crippen molar-refractivity contribution in [1.29, 1.82) is 0 Å². The second-order valence-corrected chi connectivity index (χ2v) is 5.80. The fraction of sp³-hybridized carbons (Fsp3) is 0. The summed E-state index contributed by atoms with van der Waals surface area (Å²) in [6.45, 7) is 0. The molecule has 108 valence electrons. The fourth-order valence-corrected chi connectivity index (χ4v) is 2.15. The zero-order valence-corrected chi connectivity index (χ0v) is 13.8. The van der Waals surface area contributed by atoms with Crippen LogP contribution in [0.2, 0.25) is 10.2 Å². The molecule has 1 aromatic heterocycles. The second-order valence-electron chi connectivity index (χ2n) is 3.84. The van der Waals surface area contributed by atoms with E-state index in [1.54, 1.807) is 12.1 Å². The molecular weight excluding hydrogens is 432 g/mol. The van der Waals surface area contributed by atoms with E-state index < -0.39 is 10.8 Å². The molecule has 9 heteroatoms. The first-order valence-electron chi connectivity index (χ1n) is 5.46. The van der Waals surface area contributed by atoms with Gasteiger partial charge in [-0.3, -0.25) is 14.9 Å². The number of amides is 1. The van der Waals surface area contributed by atoms with Crippen LogP contribution in [0.15, 0.2) is 30.3 Å². The first-order chi connectivity index (χ1) is 9.88. The highest BCUT2D eigenvalue weighted by Gasteiger charge is 2.19. The van der Waals surface area contributed by atoms with Crippen molar-refractivity contribution in [3.05, 3.63) is 59.8 Å². The zero-order valence-electron chi connectivity index (χ0n) is 10.1. The fourth-order valence-electron chi connectivity index (χ4n) is 1.48. The lowest BCUT2D eigenvalue weighted by molar-refractivity contribution is -0.384. The second kappa shape index (κ2) is 6.54. The van der Waals surface area contributed by atoms with Gasteiger partial charge in [0, 0.05) is 15.2 Å². The minimum absolute atomic E-state index is 0.0385. The van der Waals surface area contributed by atoms with Gasteiger partial charge >= 0.3 is 5.69 Å². The Hall–Kier alpha value is -1.45. The van der Waals surface area contributed by atoms with Crippen LogP contribution >= 0.6 is 45.8 Å². The number of nitrogens with zero attached hydrogens (tertiary/aromatic N) is 2. The van der Waals surface area contributed by atoms with Gasteiger partial charge in [0.25, 0.3) is 5.91 Å². The van der Waals surface area contributed by atoms with Crippen molar-refractivity contribution in [1.82, 2.24) is 4.98 Å². The van der Waals surface area contributed by atoms with Crippen LogP contribution in [0.5, 0.6) is 0 Å². The number of halogens is 3. The van der Waals surface area contributed by atoms with Crippen molar-refractivity contribution in [2.24, 2.45) is 0 Å². The van der Waals surface area contributed by atoms with Gasteiger partial charge in [0.2, 0.25) is 5.82 Å². The summed E-state index contributed by atoms with van der Waals surface area (Å²) in [6, 6.07) is 7.13. The molecule has 1 aromatic carbocycles. The van der Waals surface area contributed by atoms with Crippen molar-refractivity contribution in [3.63, 3.8) is 0 Å². The van der Waals surface area contributed by atoms with Crippen LogP contribution in [0, 0.1) is 13.7 Å². The third-order valence-corrected chi connectivity index (χ3v) is 4.23. The molecule has 1 N–H and O–H groups in total. The number of hydrogen-bond acceptors (Lipinski definition) is 4. The first-order valence-corrected chi connectivity index (χ1v) is 7.29. The maximum atomic E-state index is 12.1. The highest BCUT2D eigenvalue weighted by Crippen LogP contribution is 2.25. The Bertz CT molecular complexity index is 740. The molecule has 0 radical (unpaired) electrons. The van der Waals surface area contributed by atoms with Gasteiger partial charge < -0.3 is 5.32 Å². The summed E-state index contributed by atoms with van der Waals surface area (Å²) in [7, 11) is 0. The molecule has 0 saturated carbocycles. The largest absolute Gasteiger partial charge is 0.311 e. The molecule has 0 aliphatic rings. The molecule has 0 bridgehead atoms. The average Bonchev–Trinajstić information content (AvgIpc) is 2.41. The molecular formula is C12H6Cl2IN3O3. The Kier molecular flexibility index (Phi) is 4.96. The molecule has 0 atom stereocenters. The van der Waals surface area contributed by atoms with Crippen molar-refractivity contribution in [2.45, 2.75) is 0 Å². The third kappa shape index (κ3) is 3.80. The van der Waals surface area contributed by atoms with Crippen LogP contribution in [-0.2, 0) is 0 Å². The SMILES string of the molecule is O=C(Nc1nc(Cl)ccc1[N+](=O)[O-])c1ccc(I)c(Cl)c1. The van der Waals surface area contributed by atoms with E-state index in [1.807, 2.05) is 22.6 Å². The highest BCUT2D eigenvalue weighted by molar-refractivity contribution is 14.1. The number of pyridine rings is 1. The van der Waals surface area contributed by atoms with Crippen LogP contribution in [0.4, 0.5) is 11.5 Å². The number of rotatable bonds is 3. The van der Waals surface area contributed by atoms with E-state index in [0.717, 1.165) is 3.57 Å². The number of nitro groups is 1. The zero-order chi connectivity index (χ0) is 15.6. The summed E-state index contributed by atoms with van der Waals surface area (Å²) in [5.74, 6) is -0.779. The predicted molar refractivity (Wildman–Crippen MR) is 88.0 cm³/mol. The summed E-state index contributed by atoms with van der Waals surface area (Å²) >= 11 is 13.6. The van der Waals surface area contributed by atoms with Crippen LogP contribution in [0.25, 0.3) is 0 Å². The molecule has 0 aliphatic carbocycles. The quantitative estimate of drug-likeness (QED) is 0.338. The molecule has 0 spiro atoms. The minimum atomic E-state index is -0.653. The number of nitrogens with one attached hydrogen (secondary N) is 1. The summed E-state index contributed by atoms with van der Waals surface area (Å²) in [6.07, 6.45) is 0. The topological polar surface area (TPSA) is 85.1 Å². The van der Waals surface area contributed by atoms with Gasteiger partial charge in [0.1, 0.15) is 5.15 Å². The van der Waals surface area contributed by atoms with Gasteiger partial charge in [-0.05, 0) is 46.9 Å². The first kappa shape index (κ1) is 15.9. The van der Waals surface area contributed by atoms with Crippen LogP contribution in [0.1, 0.15) is 10.4 Å². The summed E-state index contributed by atoms with van der Waals surface area (Å²) in [5.41, 5.74) is -0.0825. The Morgan fingerprint density at radius 2 is 2.00 bits per heavy atom. The van der Waals surface area contributed by atoms with E-state index in [0.29, 0.717) is 5.02 Å². The summed E-state index contributed by atoms with van der Waals surface area (Å²) < 4.78 is 0.790. The lowest BCUT2D eigenvalue weighted by Gasteiger charge is -2.06. The molecule has 1 amide bonds. The van der Waals surface area contributed by atoms with Crippen LogP contribution < -0.4 is 5.32 Å². The maximum Gasteiger partial charge on any atom is 0.311 e. The van der Waals surface area contributed by atoms with Crippen molar-refractivity contribution >= 4 is 63.2 Å². The lowest BCUT2D eigenvalue weighted by Crippen LogP contribution is -2.14. The van der Waals surface area contributed by atoms with E-state index in [1.165, 1.54) is 18.2 Å². The minimum Gasteiger partial charge on any atom is -0.301 e. The third-order valence-electron chi connectivity index (χ3n) is 2.45. The van der Waals surface area contributed by atoms with Gasteiger partial charge in [-0.1, -0.05) is 23.2 Å². The van der Waals surface area contributed by atoms with Gasteiger partial charge in [0.05, 0.1) is 9.95 Å². The van der Waals surface area contributed by atoms with Gasteiger partial charge in [0.15, 0.2) is 0 Å². The van der Waals surface area contributed by atoms with Crippen molar-refractivity contribution in [3.8, 4) is 0 Å². The van der Waals surface area contributed by atoms with E-state index in [9.17, 15) is 14.9 Å². The van der Waals surface area contributed by atoms with E-state index in [-0.39, 0.29) is 22.2 Å². The van der Waals surface area contributed by atoms with Gasteiger partial charge in [-0.15, -0.1) is 0 Å². The number of anilines is 1. The van der Waals surface area contributed by atoms with Crippen LogP contribution in [-0.4, -0.2) is 15.8 Å². The Morgan fingerprint density at radius 1 is 1.29 bits per heavy atom. The van der Waals surface area contributed by atoms with Crippen molar-refractivity contribution < 1.29 is 9.72 Å². The molecule has 0 saturated heterocycles. The summed E-state index contributed by atoms with van der Waals surface area (Å²) in [5, 5.41) is 13.7. The molecule has 6 nitrogen and oxygen atoms in total. The monoisotopic (exact) mass is 437 g/mol. The van der Waals surface area contributed by atoms with E-state index >= 15 is 0 Å². The number of carbonyl (C=O) groups is 1. The number of hydrogen-bond donors (Lipinski definition) is 1. The molecule has 0 unspecified atom stereocenters. The Morgan fingerprint density at radius 3 is 2.62 bits per heavy atom. The smallest absolute Gasteiger partial charge is 0.301 e.